The summed E-state index contributed by atoms with van der Waals surface area (Å²) in [7, 11) is -1.38. The maximum absolute atomic E-state index is 14.6. The summed E-state index contributed by atoms with van der Waals surface area (Å²) in [4.78, 5) is 29.9. The number of methoxy groups -OCH3 is 2. The van der Waals surface area contributed by atoms with Crippen LogP contribution in [0.1, 0.15) is 30.9 Å². The predicted molar refractivity (Wildman–Crippen MR) is 189 cm³/mol. The second-order valence-electron chi connectivity index (χ2n) is 11.0. The molecule has 1 atom stereocenters. The van der Waals surface area contributed by atoms with Gasteiger partial charge in [-0.1, -0.05) is 91.1 Å². The van der Waals surface area contributed by atoms with Crippen molar-refractivity contribution in [1.29, 1.82) is 0 Å². The van der Waals surface area contributed by atoms with Crippen molar-refractivity contribution in [1.82, 2.24) is 10.2 Å². The molecule has 0 unspecified atom stereocenters. The summed E-state index contributed by atoms with van der Waals surface area (Å²) in [6.45, 7) is 1.72. The molecule has 0 aliphatic carbocycles. The standard InChI is InChI=1S/C36H39Cl2N3O6S/c1-4-5-20-39-36(43)32(21-26-12-8-6-9-13-26)40(24-27-16-17-28(37)22-31(27)38)35(42)25-41(48(44,45)30-14-10-7-11-15-30)29-18-19-33(46-2)34(23-29)47-3/h6-19,22-23,32H,4-5,20-21,24-25H2,1-3H3,(H,39,43)/t32-/m1/s1. The number of carbonyl (C=O) groups excluding carboxylic acids is 2. The van der Waals surface area contributed by atoms with E-state index >= 15 is 0 Å². The Balaban J connectivity index is 1.84. The lowest BCUT2D eigenvalue weighted by molar-refractivity contribution is -0.140. The molecule has 0 saturated carbocycles. The van der Waals surface area contributed by atoms with E-state index in [1.165, 1.54) is 43.4 Å². The fourth-order valence-electron chi connectivity index (χ4n) is 5.12. The first-order valence-corrected chi connectivity index (χ1v) is 17.6. The number of amides is 2. The van der Waals surface area contributed by atoms with E-state index in [1.54, 1.807) is 42.5 Å². The monoisotopic (exact) mass is 711 g/mol. The summed E-state index contributed by atoms with van der Waals surface area (Å²) in [6, 6.07) is 25.6. The number of anilines is 1. The minimum Gasteiger partial charge on any atom is -0.493 e. The number of nitrogens with one attached hydrogen (secondary N) is 1. The lowest BCUT2D eigenvalue weighted by Gasteiger charge is -2.34. The van der Waals surface area contributed by atoms with Crippen molar-refractivity contribution in [3.05, 3.63) is 118 Å². The van der Waals surface area contributed by atoms with Crippen LogP contribution in [-0.2, 0) is 32.6 Å². The van der Waals surface area contributed by atoms with E-state index in [-0.39, 0.29) is 35.2 Å². The third-order valence-electron chi connectivity index (χ3n) is 7.72. The summed E-state index contributed by atoms with van der Waals surface area (Å²) in [5.74, 6) is -0.329. The van der Waals surface area contributed by atoms with Gasteiger partial charge in [-0.05, 0) is 53.9 Å². The van der Waals surface area contributed by atoms with E-state index in [9.17, 15) is 18.0 Å². The van der Waals surface area contributed by atoms with Crippen LogP contribution in [0.15, 0.2) is 102 Å². The molecule has 12 heteroatoms. The van der Waals surface area contributed by atoms with Gasteiger partial charge in [0.05, 0.1) is 24.8 Å². The third-order valence-corrected chi connectivity index (χ3v) is 10.1. The largest absolute Gasteiger partial charge is 0.493 e. The summed E-state index contributed by atoms with van der Waals surface area (Å²) in [5, 5.41) is 3.68. The van der Waals surface area contributed by atoms with E-state index in [0.717, 1.165) is 22.7 Å². The van der Waals surface area contributed by atoms with E-state index in [1.807, 2.05) is 37.3 Å². The van der Waals surface area contributed by atoms with Crippen LogP contribution in [0.25, 0.3) is 0 Å². The Kier molecular flexibility index (Phi) is 13.1. The summed E-state index contributed by atoms with van der Waals surface area (Å²) in [5.41, 5.74) is 1.53. The number of hydrogen-bond donors (Lipinski definition) is 1. The van der Waals surface area contributed by atoms with Gasteiger partial charge in [-0.25, -0.2) is 8.42 Å². The van der Waals surface area contributed by atoms with Crippen LogP contribution < -0.4 is 19.1 Å². The molecule has 48 heavy (non-hydrogen) atoms. The molecule has 0 aliphatic rings. The Bertz CT molecular complexity index is 1790. The van der Waals surface area contributed by atoms with Gasteiger partial charge >= 0.3 is 0 Å². The molecule has 9 nitrogen and oxygen atoms in total. The van der Waals surface area contributed by atoms with Gasteiger partial charge in [0.25, 0.3) is 10.0 Å². The molecule has 0 saturated heterocycles. The molecule has 0 fully saturated rings. The molecule has 0 bridgehead atoms. The lowest BCUT2D eigenvalue weighted by atomic mass is 10.0. The Hall–Kier alpha value is -4.25. The summed E-state index contributed by atoms with van der Waals surface area (Å²) < 4.78 is 40.3. The van der Waals surface area contributed by atoms with Gasteiger partial charge in [-0.3, -0.25) is 13.9 Å². The average molecular weight is 713 g/mol. The second-order valence-corrected chi connectivity index (χ2v) is 13.7. The Morgan fingerprint density at radius 3 is 2.15 bits per heavy atom. The van der Waals surface area contributed by atoms with Gasteiger partial charge in [0, 0.05) is 35.6 Å². The van der Waals surface area contributed by atoms with Crippen LogP contribution in [0, 0.1) is 0 Å². The smallest absolute Gasteiger partial charge is 0.264 e. The number of hydrogen-bond acceptors (Lipinski definition) is 6. The van der Waals surface area contributed by atoms with Gasteiger partial charge in [0.15, 0.2) is 11.5 Å². The molecule has 4 aromatic carbocycles. The zero-order valence-electron chi connectivity index (χ0n) is 27.1. The van der Waals surface area contributed by atoms with Crippen LogP contribution in [0.3, 0.4) is 0 Å². The zero-order valence-corrected chi connectivity index (χ0v) is 29.4. The normalized spacial score (nSPS) is 11.8. The molecular formula is C36H39Cl2N3O6S. The van der Waals surface area contributed by atoms with Gasteiger partial charge < -0.3 is 19.7 Å². The molecule has 4 rings (SSSR count). The minimum absolute atomic E-state index is 0.0157. The van der Waals surface area contributed by atoms with Gasteiger partial charge in [-0.15, -0.1) is 0 Å². The van der Waals surface area contributed by atoms with E-state index in [2.05, 4.69) is 5.32 Å². The number of ether oxygens (including phenoxy) is 2. The van der Waals surface area contributed by atoms with Crippen LogP contribution in [0.5, 0.6) is 11.5 Å². The number of carbonyl (C=O) groups is 2. The Labute approximate surface area is 292 Å². The molecule has 2 amide bonds. The first kappa shape index (κ1) is 36.6. The number of nitrogens with zero attached hydrogens (tertiary/aromatic N) is 2. The van der Waals surface area contributed by atoms with Crippen molar-refractivity contribution in [3.8, 4) is 11.5 Å². The van der Waals surface area contributed by atoms with Crippen molar-refractivity contribution in [2.24, 2.45) is 0 Å². The van der Waals surface area contributed by atoms with Crippen molar-refractivity contribution in [3.63, 3.8) is 0 Å². The lowest BCUT2D eigenvalue weighted by Crippen LogP contribution is -2.53. The van der Waals surface area contributed by atoms with Crippen LogP contribution in [-0.4, -0.2) is 58.5 Å². The van der Waals surface area contributed by atoms with Gasteiger partial charge in [-0.2, -0.15) is 0 Å². The maximum Gasteiger partial charge on any atom is 0.264 e. The maximum atomic E-state index is 14.6. The SMILES string of the molecule is CCCCNC(=O)[C@@H](Cc1ccccc1)N(Cc1ccc(Cl)cc1Cl)C(=O)CN(c1ccc(OC)c(OC)c1)S(=O)(=O)c1ccccc1. The number of unbranched alkanes of at least 4 members (excludes halogenated alkanes) is 1. The average Bonchev–Trinajstić information content (AvgIpc) is 3.10. The highest BCUT2D eigenvalue weighted by molar-refractivity contribution is 7.92. The summed E-state index contributed by atoms with van der Waals surface area (Å²) >= 11 is 12.8. The number of sulfonamides is 1. The van der Waals surface area contributed by atoms with Crippen molar-refractivity contribution in [2.75, 3.05) is 31.6 Å². The number of benzene rings is 4. The van der Waals surface area contributed by atoms with E-state index < -0.39 is 28.5 Å². The first-order chi connectivity index (χ1) is 23.1. The second kappa shape index (κ2) is 17.2. The van der Waals surface area contributed by atoms with Gasteiger partial charge in [0.2, 0.25) is 11.8 Å². The first-order valence-electron chi connectivity index (χ1n) is 15.4. The van der Waals surface area contributed by atoms with Gasteiger partial charge in [0.1, 0.15) is 12.6 Å². The Morgan fingerprint density at radius 1 is 0.854 bits per heavy atom. The van der Waals surface area contributed by atoms with Crippen LogP contribution >= 0.6 is 23.2 Å². The molecule has 0 heterocycles. The minimum atomic E-state index is -4.29. The number of halogens is 2. The molecular weight excluding hydrogens is 673 g/mol. The fraction of sp³-hybridized carbons (Fsp3) is 0.278. The molecule has 0 aliphatic heterocycles. The zero-order chi connectivity index (χ0) is 34.7. The molecule has 254 valence electrons. The Morgan fingerprint density at radius 2 is 1.52 bits per heavy atom. The topological polar surface area (TPSA) is 105 Å². The summed E-state index contributed by atoms with van der Waals surface area (Å²) in [6.07, 6.45) is 1.80. The molecule has 0 radical (unpaired) electrons. The van der Waals surface area contributed by atoms with Crippen molar-refractivity contribution < 1.29 is 27.5 Å². The third kappa shape index (κ3) is 9.21. The van der Waals surface area contributed by atoms with Crippen LogP contribution in [0.4, 0.5) is 5.69 Å². The van der Waals surface area contributed by atoms with E-state index in [4.69, 9.17) is 32.7 Å². The van der Waals surface area contributed by atoms with Crippen molar-refractivity contribution >= 4 is 50.7 Å². The quantitative estimate of drug-likeness (QED) is 0.129. The number of rotatable bonds is 16. The van der Waals surface area contributed by atoms with Crippen molar-refractivity contribution in [2.45, 2.75) is 43.7 Å². The molecule has 4 aromatic rings. The highest BCUT2D eigenvalue weighted by atomic mass is 35.5. The highest BCUT2D eigenvalue weighted by Crippen LogP contribution is 2.34. The molecule has 0 aromatic heterocycles. The fourth-order valence-corrected chi connectivity index (χ4v) is 7.02. The predicted octanol–water partition coefficient (Wildman–Crippen LogP) is 6.76. The molecule has 1 N–H and O–H groups in total. The van der Waals surface area contributed by atoms with Crippen LogP contribution in [0.2, 0.25) is 10.0 Å². The molecule has 0 spiro atoms. The highest BCUT2D eigenvalue weighted by Gasteiger charge is 2.35. The van der Waals surface area contributed by atoms with E-state index in [0.29, 0.717) is 27.9 Å².